The van der Waals surface area contributed by atoms with Crippen LogP contribution in [0.25, 0.3) is 10.9 Å². The average Bonchev–Trinajstić information content (AvgIpc) is 2.91. The van der Waals surface area contributed by atoms with Crippen LogP contribution in [-0.2, 0) is 0 Å². The molecule has 2 aromatic heterocycles. The van der Waals surface area contributed by atoms with Crippen LogP contribution in [0.2, 0.25) is 0 Å². The first kappa shape index (κ1) is 17.4. The Morgan fingerprint density at radius 3 is 2.68 bits per heavy atom. The van der Waals surface area contributed by atoms with E-state index in [1.807, 2.05) is 0 Å². The van der Waals surface area contributed by atoms with Gasteiger partial charge in [-0.15, -0.1) is 23.4 Å². The van der Waals surface area contributed by atoms with Crippen molar-refractivity contribution in [3.05, 3.63) is 39.5 Å². The second-order valence-corrected chi connectivity index (χ2v) is 7.06. The summed E-state index contributed by atoms with van der Waals surface area (Å²) in [7, 11) is 0. The number of alkyl halides is 3. The number of benzene rings is 1. The molecule has 0 spiro atoms. The Hall–Kier alpha value is -2.47. The summed E-state index contributed by atoms with van der Waals surface area (Å²) in [6.45, 7) is 1.72. The van der Waals surface area contributed by atoms with Gasteiger partial charge in [0, 0.05) is 5.39 Å². The minimum atomic E-state index is -4.90. The third-order valence-corrected chi connectivity index (χ3v) is 4.93. The molecule has 12 heteroatoms. The zero-order chi connectivity index (χ0) is 18.2. The van der Waals surface area contributed by atoms with Crippen LogP contribution in [0.5, 0.6) is 5.75 Å². The second kappa shape index (κ2) is 6.44. The van der Waals surface area contributed by atoms with Crippen molar-refractivity contribution in [2.45, 2.75) is 22.5 Å². The number of halogens is 3. The highest BCUT2D eigenvalue weighted by molar-refractivity contribution is 8.01. The molecule has 2 heterocycles. The predicted molar refractivity (Wildman–Crippen MR) is 83.8 cm³/mol. The van der Waals surface area contributed by atoms with Gasteiger partial charge in [0.05, 0.1) is 4.92 Å². The standard InChI is InChI=1S/C13H7F3N4O3S2/c1-6-18-19-12(24-6)25-11-7-3-2-4-9(23-13(14,15)16)10(7)17-5-8(11)20(21)22/h2-5H,1H3. The SMILES string of the molecule is Cc1nnc(Sc2c([N+](=O)[O-])cnc3c(OC(F)(F)F)cccc23)s1. The number of hydrogen-bond acceptors (Lipinski definition) is 8. The van der Waals surface area contributed by atoms with Crippen molar-refractivity contribution in [3.63, 3.8) is 0 Å². The number of ether oxygens (including phenoxy) is 1. The van der Waals surface area contributed by atoms with Crippen LogP contribution in [0.1, 0.15) is 5.01 Å². The molecule has 0 saturated carbocycles. The van der Waals surface area contributed by atoms with Crippen LogP contribution < -0.4 is 4.74 Å². The number of aromatic nitrogens is 3. The van der Waals surface area contributed by atoms with Gasteiger partial charge in [0.2, 0.25) is 0 Å². The van der Waals surface area contributed by atoms with E-state index in [1.54, 1.807) is 6.92 Å². The molecule has 0 radical (unpaired) electrons. The maximum Gasteiger partial charge on any atom is 0.573 e. The van der Waals surface area contributed by atoms with Crippen molar-refractivity contribution in [1.29, 1.82) is 0 Å². The Bertz CT molecular complexity index is 961. The summed E-state index contributed by atoms with van der Waals surface area (Å²) >= 11 is 2.16. The third kappa shape index (κ3) is 3.79. The summed E-state index contributed by atoms with van der Waals surface area (Å²) < 4.78 is 42.0. The molecular formula is C13H7F3N4O3S2. The first-order valence-electron chi connectivity index (χ1n) is 6.54. The van der Waals surface area contributed by atoms with Crippen LogP contribution in [-0.4, -0.2) is 26.5 Å². The van der Waals surface area contributed by atoms with Crippen LogP contribution in [0.4, 0.5) is 18.9 Å². The Kier molecular flexibility index (Phi) is 4.47. The van der Waals surface area contributed by atoms with Gasteiger partial charge in [-0.1, -0.05) is 23.5 Å². The highest BCUT2D eigenvalue weighted by atomic mass is 32.2. The van der Waals surface area contributed by atoms with E-state index < -0.39 is 17.0 Å². The summed E-state index contributed by atoms with van der Waals surface area (Å²) in [5.41, 5.74) is -0.469. The van der Waals surface area contributed by atoms with Crippen LogP contribution >= 0.6 is 23.1 Å². The fourth-order valence-corrected chi connectivity index (χ4v) is 3.97. The molecule has 7 nitrogen and oxygen atoms in total. The van der Waals surface area contributed by atoms with Crippen molar-refractivity contribution in [3.8, 4) is 5.75 Å². The van der Waals surface area contributed by atoms with Crippen molar-refractivity contribution < 1.29 is 22.8 Å². The number of nitro groups is 1. The summed E-state index contributed by atoms with van der Waals surface area (Å²) in [6, 6.07) is 3.84. The molecule has 0 bridgehead atoms. The van der Waals surface area contributed by atoms with E-state index in [1.165, 1.54) is 23.5 Å². The lowest BCUT2D eigenvalue weighted by Crippen LogP contribution is -2.17. The molecule has 0 aliphatic heterocycles. The number of rotatable bonds is 4. The summed E-state index contributed by atoms with van der Waals surface area (Å²) in [6.07, 6.45) is -4.00. The lowest BCUT2D eigenvalue weighted by molar-refractivity contribution is -0.387. The number of fused-ring (bicyclic) bond motifs is 1. The van der Waals surface area contributed by atoms with Crippen LogP contribution in [0.3, 0.4) is 0 Å². The number of nitrogens with zero attached hydrogens (tertiary/aromatic N) is 4. The highest BCUT2D eigenvalue weighted by Gasteiger charge is 2.32. The zero-order valence-corrected chi connectivity index (χ0v) is 13.9. The quantitative estimate of drug-likeness (QED) is 0.485. The normalized spacial score (nSPS) is 11.7. The molecule has 0 fully saturated rings. The van der Waals surface area contributed by atoms with Gasteiger partial charge < -0.3 is 4.74 Å². The minimum Gasteiger partial charge on any atom is -0.403 e. The molecule has 3 aromatic rings. The average molecular weight is 388 g/mol. The molecule has 0 atom stereocenters. The largest absolute Gasteiger partial charge is 0.573 e. The number of aryl methyl sites for hydroxylation is 1. The number of para-hydroxylation sites is 1. The second-order valence-electron chi connectivity index (χ2n) is 4.62. The molecule has 0 N–H and O–H groups in total. The molecule has 3 rings (SSSR count). The number of pyridine rings is 1. The highest BCUT2D eigenvalue weighted by Crippen LogP contribution is 2.42. The smallest absolute Gasteiger partial charge is 0.403 e. The summed E-state index contributed by atoms with van der Waals surface area (Å²) in [4.78, 5) is 14.5. The molecule has 0 saturated heterocycles. The fourth-order valence-electron chi connectivity index (χ4n) is 2.01. The van der Waals surface area contributed by atoms with Crippen molar-refractivity contribution in [1.82, 2.24) is 15.2 Å². The van der Waals surface area contributed by atoms with E-state index in [9.17, 15) is 23.3 Å². The minimum absolute atomic E-state index is 0.124. The Morgan fingerprint density at radius 2 is 2.08 bits per heavy atom. The van der Waals surface area contributed by atoms with Gasteiger partial charge >= 0.3 is 12.0 Å². The molecular weight excluding hydrogens is 381 g/mol. The van der Waals surface area contributed by atoms with Gasteiger partial charge in [-0.2, -0.15) is 0 Å². The maximum absolute atomic E-state index is 12.5. The third-order valence-electron chi connectivity index (χ3n) is 2.91. The first-order valence-corrected chi connectivity index (χ1v) is 8.18. The van der Waals surface area contributed by atoms with Gasteiger partial charge in [-0.3, -0.25) is 10.1 Å². The summed E-state index contributed by atoms with van der Waals surface area (Å²) in [5, 5.41) is 19.8. The van der Waals surface area contributed by atoms with E-state index in [0.29, 0.717) is 9.35 Å². The van der Waals surface area contributed by atoms with Gasteiger partial charge in [0.15, 0.2) is 10.1 Å². The lowest BCUT2D eigenvalue weighted by atomic mass is 10.2. The summed E-state index contributed by atoms with van der Waals surface area (Å²) in [5.74, 6) is -0.532. The van der Waals surface area contributed by atoms with E-state index in [-0.39, 0.29) is 21.5 Å². The molecule has 25 heavy (non-hydrogen) atoms. The molecule has 130 valence electrons. The Labute approximate surface area is 146 Å². The first-order chi connectivity index (χ1) is 11.7. The van der Waals surface area contributed by atoms with Crippen LogP contribution in [0, 0.1) is 17.0 Å². The molecule has 0 aliphatic rings. The van der Waals surface area contributed by atoms with E-state index in [2.05, 4.69) is 19.9 Å². The number of hydrogen-bond donors (Lipinski definition) is 0. The van der Waals surface area contributed by atoms with Gasteiger partial charge in [0.25, 0.3) is 0 Å². The van der Waals surface area contributed by atoms with E-state index >= 15 is 0 Å². The molecule has 0 unspecified atom stereocenters. The fraction of sp³-hybridized carbons (Fsp3) is 0.154. The maximum atomic E-state index is 12.5. The molecule has 1 aromatic carbocycles. The van der Waals surface area contributed by atoms with Crippen molar-refractivity contribution in [2.24, 2.45) is 0 Å². The van der Waals surface area contributed by atoms with Crippen molar-refractivity contribution >= 4 is 39.7 Å². The van der Waals surface area contributed by atoms with Crippen molar-refractivity contribution in [2.75, 3.05) is 0 Å². The van der Waals surface area contributed by atoms with Gasteiger partial charge in [-0.25, -0.2) is 4.98 Å². The molecule has 0 aliphatic carbocycles. The monoisotopic (exact) mass is 388 g/mol. The van der Waals surface area contributed by atoms with Crippen LogP contribution in [0.15, 0.2) is 33.6 Å². The zero-order valence-electron chi connectivity index (χ0n) is 12.3. The molecule has 0 amide bonds. The lowest BCUT2D eigenvalue weighted by Gasteiger charge is -2.12. The van der Waals surface area contributed by atoms with Gasteiger partial charge in [0.1, 0.15) is 21.6 Å². The van der Waals surface area contributed by atoms with Gasteiger partial charge in [-0.05, 0) is 24.8 Å². The van der Waals surface area contributed by atoms with E-state index in [4.69, 9.17) is 0 Å². The van der Waals surface area contributed by atoms with E-state index in [0.717, 1.165) is 24.0 Å². The Balaban J connectivity index is 2.18. The Morgan fingerprint density at radius 1 is 1.32 bits per heavy atom. The topological polar surface area (TPSA) is 91.0 Å². The predicted octanol–water partition coefficient (Wildman–Crippen LogP) is 4.35.